The first-order chi connectivity index (χ1) is 9.65. The second kappa shape index (κ2) is 5.35. The van der Waals surface area contributed by atoms with Crippen LogP contribution in [-0.2, 0) is 6.42 Å². The minimum Gasteiger partial charge on any atom is -0.322 e. The smallest absolute Gasteiger partial charge is 0.111 e. The lowest BCUT2D eigenvalue weighted by Crippen LogP contribution is -2.14. The van der Waals surface area contributed by atoms with Gasteiger partial charge >= 0.3 is 0 Å². The van der Waals surface area contributed by atoms with Crippen LogP contribution in [0, 0.1) is 13.8 Å². The monoisotopic (exact) mass is 282 g/mol. The second-order valence-corrected chi connectivity index (χ2v) is 6.26. The van der Waals surface area contributed by atoms with Crippen LogP contribution in [0.2, 0.25) is 0 Å². The van der Waals surface area contributed by atoms with Gasteiger partial charge in [0.2, 0.25) is 0 Å². The van der Waals surface area contributed by atoms with Crippen LogP contribution in [0.3, 0.4) is 0 Å². The summed E-state index contributed by atoms with van der Waals surface area (Å²) in [5.41, 5.74) is 11.4. The number of benzene rings is 2. The number of nitrogens with two attached hydrogens (primary N) is 1. The van der Waals surface area contributed by atoms with Gasteiger partial charge in [-0.15, -0.1) is 11.3 Å². The van der Waals surface area contributed by atoms with Crippen molar-refractivity contribution in [2.45, 2.75) is 26.3 Å². The lowest BCUT2D eigenvalue weighted by atomic mass is 9.97. The summed E-state index contributed by atoms with van der Waals surface area (Å²) in [5, 5.41) is 1.02. The van der Waals surface area contributed by atoms with E-state index < -0.39 is 0 Å². The lowest BCUT2D eigenvalue weighted by molar-refractivity contribution is 0.711. The highest BCUT2D eigenvalue weighted by Gasteiger charge is 2.14. The van der Waals surface area contributed by atoms with Gasteiger partial charge in [0, 0.05) is 0 Å². The number of thiazole rings is 1. The molecule has 1 atom stereocenters. The molecular formula is C17H18N2S. The molecule has 2 N–H and O–H groups in total. The number of fused-ring (bicyclic) bond motifs is 1. The number of hydrogen-bond acceptors (Lipinski definition) is 3. The molecule has 3 heteroatoms. The van der Waals surface area contributed by atoms with Crippen LogP contribution in [0.25, 0.3) is 10.2 Å². The quantitative estimate of drug-likeness (QED) is 0.783. The molecule has 2 aromatic carbocycles. The average molecular weight is 282 g/mol. The zero-order valence-electron chi connectivity index (χ0n) is 11.8. The van der Waals surface area contributed by atoms with Crippen molar-refractivity contribution >= 4 is 21.6 Å². The fourth-order valence-electron chi connectivity index (χ4n) is 2.53. The predicted octanol–water partition coefficient (Wildman–Crippen LogP) is 4.16. The summed E-state index contributed by atoms with van der Waals surface area (Å²) in [5.74, 6) is 0. The van der Waals surface area contributed by atoms with Crippen LogP contribution >= 0.6 is 11.3 Å². The SMILES string of the molecule is Cc1cccc(C)c1CC(N)c1nc2ccccc2s1. The fourth-order valence-corrected chi connectivity index (χ4v) is 3.50. The van der Waals surface area contributed by atoms with Gasteiger partial charge in [0.25, 0.3) is 0 Å². The van der Waals surface area contributed by atoms with E-state index in [1.54, 1.807) is 11.3 Å². The van der Waals surface area contributed by atoms with Crippen molar-refractivity contribution in [3.63, 3.8) is 0 Å². The average Bonchev–Trinajstić information content (AvgIpc) is 2.87. The van der Waals surface area contributed by atoms with Crippen molar-refractivity contribution in [2.24, 2.45) is 5.73 Å². The third-order valence-electron chi connectivity index (χ3n) is 3.70. The Labute approximate surface area is 123 Å². The van der Waals surface area contributed by atoms with Crippen LogP contribution in [0.1, 0.15) is 27.7 Å². The van der Waals surface area contributed by atoms with Gasteiger partial charge in [-0.3, -0.25) is 0 Å². The molecule has 102 valence electrons. The van der Waals surface area contributed by atoms with E-state index in [0.717, 1.165) is 16.9 Å². The van der Waals surface area contributed by atoms with E-state index in [1.165, 1.54) is 21.4 Å². The van der Waals surface area contributed by atoms with E-state index in [2.05, 4.69) is 43.1 Å². The van der Waals surface area contributed by atoms with Gasteiger partial charge < -0.3 is 5.73 Å². The summed E-state index contributed by atoms with van der Waals surface area (Å²) in [6.45, 7) is 4.29. The summed E-state index contributed by atoms with van der Waals surface area (Å²) in [6.07, 6.45) is 0.846. The van der Waals surface area contributed by atoms with Crippen LogP contribution in [0.15, 0.2) is 42.5 Å². The molecule has 20 heavy (non-hydrogen) atoms. The number of aromatic nitrogens is 1. The maximum Gasteiger partial charge on any atom is 0.111 e. The molecule has 2 nitrogen and oxygen atoms in total. The first kappa shape index (κ1) is 13.3. The van der Waals surface area contributed by atoms with Crippen molar-refractivity contribution < 1.29 is 0 Å². The number of rotatable bonds is 3. The molecule has 3 aromatic rings. The van der Waals surface area contributed by atoms with Crippen LogP contribution in [0.4, 0.5) is 0 Å². The van der Waals surface area contributed by atoms with E-state index in [1.807, 2.05) is 18.2 Å². The van der Waals surface area contributed by atoms with E-state index in [0.29, 0.717) is 0 Å². The molecular weight excluding hydrogens is 264 g/mol. The molecule has 0 amide bonds. The van der Waals surface area contributed by atoms with E-state index in [9.17, 15) is 0 Å². The summed E-state index contributed by atoms with van der Waals surface area (Å²) in [7, 11) is 0. The summed E-state index contributed by atoms with van der Waals surface area (Å²) >= 11 is 1.70. The van der Waals surface area contributed by atoms with Gasteiger partial charge in [-0.25, -0.2) is 4.98 Å². The Kier molecular flexibility index (Phi) is 3.55. The number of nitrogens with zero attached hydrogens (tertiary/aromatic N) is 1. The standard InChI is InChI=1S/C17H18N2S/c1-11-6-5-7-12(2)13(11)10-14(18)17-19-15-8-3-4-9-16(15)20-17/h3-9,14H,10,18H2,1-2H3. The maximum absolute atomic E-state index is 6.38. The van der Waals surface area contributed by atoms with Crippen molar-refractivity contribution in [3.8, 4) is 0 Å². The fraction of sp³-hybridized carbons (Fsp3) is 0.235. The molecule has 1 heterocycles. The van der Waals surface area contributed by atoms with Crippen molar-refractivity contribution in [2.75, 3.05) is 0 Å². The Morgan fingerprint density at radius 2 is 1.75 bits per heavy atom. The topological polar surface area (TPSA) is 38.9 Å². The van der Waals surface area contributed by atoms with Gasteiger partial charge in [-0.2, -0.15) is 0 Å². The Bertz CT molecular complexity index is 692. The molecule has 0 aliphatic carbocycles. The first-order valence-corrected chi connectivity index (χ1v) is 7.63. The molecule has 0 saturated carbocycles. The Morgan fingerprint density at radius 1 is 1.05 bits per heavy atom. The molecule has 0 aliphatic rings. The highest BCUT2D eigenvalue weighted by molar-refractivity contribution is 7.18. The van der Waals surface area contributed by atoms with Gasteiger partial charge in [-0.1, -0.05) is 30.3 Å². The summed E-state index contributed by atoms with van der Waals surface area (Å²) in [6, 6.07) is 14.6. The molecule has 0 aliphatic heterocycles. The Morgan fingerprint density at radius 3 is 2.45 bits per heavy atom. The number of para-hydroxylation sites is 1. The zero-order chi connectivity index (χ0) is 14.1. The maximum atomic E-state index is 6.38. The molecule has 0 radical (unpaired) electrons. The van der Waals surface area contributed by atoms with Gasteiger partial charge in [0.05, 0.1) is 16.3 Å². The minimum atomic E-state index is -0.0350. The van der Waals surface area contributed by atoms with E-state index in [4.69, 9.17) is 5.73 Å². The zero-order valence-corrected chi connectivity index (χ0v) is 12.6. The molecule has 0 saturated heterocycles. The predicted molar refractivity (Wildman–Crippen MR) is 86.2 cm³/mol. The van der Waals surface area contributed by atoms with E-state index in [-0.39, 0.29) is 6.04 Å². The molecule has 1 aromatic heterocycles. The van der Waals surface area contributed by atoms with Crippen LogP contribution in [0.5, 0.6) is 0 Å². The molecule has 0 spiro atoms. The van der Waals surface area contributed by atoms with Crippen molar-refractivity contribution in [1.29, 1.82) is 0 Å². The van der Waals surface area contributed by atoms with Gasteiger partial charge in [0.1, 0.15) is 5.01 Å². The Balaban J connectivity index is 1.91. The minimum absolute atomic E-state index is 0.0350. The third-order valence-corrected chi connectivity index (χ3v) is 4.86. The summed E-state index contributed by atoms with van der Waals surface area (Å²) < 4.78 is 1.21. The normalized spacial score (nSPS) is 12.8. The number of aryl methyl sites for hydroxylation is 2. The molecule has 0 bridgehead atoms. The highest BCUT2D eigenvalue weighted by atomic mass is 32.1. The third kappa shape index (κ3) is 2.47. The van der Waals surface area contributed by atoms with Crippen LogP contribution in [-0.4, -0.2) is 4.98 Å². The van der Waals surface area contributed by atoms with Crippen LogP contribution < -0.4 is 5.73 Å². The van der Waals surface area contributed by atoms with Crippen molar-refractivity contribution in [1.82, 2.24) is 4.98 Å². The van der Waals surface area contributed by atoms with Gasteiger partial charge in [0.15, 0.2) is 0 Å². The first-order valence-electron chi connectivity index (χ1n) is 6.81. The lowest BCUT2D eigenvalue weighted by Gasteiger charge is -2.13. The van der Waals surface area contributed by atoms with Gasteiger partial charge in [-0.05, 0) is 49.1 Å². The Hall–Kier alpha value is -1.71. The van der Waals surface area contributed by atoms with Crippen molar-refractivity contribution in [3.05, 3.63) is 64.2 Å². The summed E-state index contributed by atoms with van der Waals surface area (Å²) in [4.78, 5) is 4.66. The second-order valence-electron chi connectivity index (χ2n) is 5.20. The largest absolute Gasteiger partial charge is 0.322 e. The molecule has 3 rings (SSSR count). The number of hydrogen-bond donors (Lipinski definition) is 1. The highest BCUT2D eigenvalue weighted by Crippen LogP contribution is 2.28. The van der Waals surface area contributed by atoms with E-state index >= 15 is 0 Å². The molecule has 1 unspecified atom stereocenters. The molecule has 0 fully saturated rings.